The van der Waals surface area contributed by atoms with Crippen LogP contribution in [0.4, 0.5) is 0 Å². The van der Waals surface area contributed by atoms with Crippen molar-refractivity contribution in [2.45, 2.75) is 18.6 Å². The third-order valence-electron chi connectivity index (χ3n) is 4.73. The molecule has 4 rings (SSSR count). The monoisotopic (exact) mass is 346 g/mol. The van der Waals surface area contributed by atoms with Crippen LogP contribution in [0.5, 0.6) is 0 Å². The van der Waals surface area contributed by atoms with E-state index >= 15 is 0 Å². The summed E-state index contributed by atoms with van der Waals surface area (Å²) in [6.07, 6.45) is -0.205. The molecule has 0 aliphatic heterocycles. The maximum absolute atomic E-state index is 12.6. The average Bonchev–Trinajstić information content (AvgIpc) is 2.98. The van der Waals surface area contributed by atoms with Gasteiger partial charge in [0.25, 0.3) is 11.5 Å². The summed E-state index contributed by atoms with van der Waals surface area (Å²) >= 11 is 0. The van der Waals surface area contributed by atoms with Gasteiger partial charge in [0.05, 0.1) is 12.1 Å². The summed E-state index contributed by atoms with van der Waals surface area (Å²) in [6, 6.07) is 19.8. The van der Waals surface area contributed by atoms with Gasteiger partial charge in [-0.2, -0.15) is 0 Å². The van der Waals surface area contributed by atoms with Gasteiger partial charge in [-0.25, -0.2) is 0 Å². The first-order valence-electron chi connectivity index (χ1n) is 8.49. The van der Waals surface area contributed by atoms with Gasteiger partial charge in [-0.05, 0) is 28.8 Å². The van der Waals surface area contributed by atoms with Crippen molar-refractivity contribution in [3.05, 3.63) is 93.8 Å². The summed E-state index contributed by atoms with van der Waals surface area (Å²) in [5.41, 5.74) is 3.00. The second kappa shape index (κ2) is 6.61. The van der Waals surface area contributed by atoms with Gasteiger partial charge < -0.3 is 15.4 Å². The molecule has 3 N–H and O–H groups in total. The maximum atomic E-state index is 12.6. The van der Waals surface area contributed by atoms with Crippen molar-refractivity contribution in [2.24, 2.45) is 0 Å². The lowest BCUT2D eigenvalue weighted by Crippen LogP contribution is -2.36. The fourth-order valence-electron chi connectivity index (χ4n) is 3.41. The standard InChI is InChI=1S/C21H18N2O3/c24-18-12-14-8-4-5-9-15(14)19(18)23-21(26)16-10-11-17(22-20(16)25)13-6-2-1-3-7-13/h1-11,18-19,24H,12H2,(H,22,25)(H,23,26)/t18-,19-/m0/s1. The summed E-state index contributed by atoms with van der Waals surface area (Å²) in [5, 5.41) is 13.1. The molecule has 0 bridgehead atoms. The predicted molar refractivity (Wildman–Crippen MR) is 98.9 cm³/mol. The lowest BCUT2D eigenvalue weighted by molar-refractivity contribution is 0.0856. The van der Waals surface area contributed by atoms with Gasteiger partial charge in [0.2, 0.25) is 0 Å². The number of aromatic nitrogens is 1. The van der Waals surface area contributed by atoms with E-state index in [9.17, 15) is 14.7 Å². The Balaban J connectivity index is 1.59. The summed E-state index contributed by atoms with van der Waals surface area (Å²) in [6.45, 7) is 0. The first kappa shape index (κ1) is 16.3. The molecule has 1 amide bonds. The van der Waals surface area contributed by atoms with E-state index < -0.39 is 23.6 Å². The Morgan fingerprint density at radius 2 is 1.73 bits per heavy atom. The van der Waals surface area contributed by atoms with Crippen LogP contribution in [-0.2, 0) is 6.42 Å². The quantitative estimate of drug-likeness (QED) is 0.681. The number of pyridine rings is 1. The van der Waals surface area contributed by atoms with E-state index in [1.807, 2.05) is 54.6 Å². The number of rotatable bonds is 3. The molecule has 1 aliphatic carbocycles. The number of H-pyrrole nitrogens is 1. The van der Waals surface area contributed by atoms with Crippen molar-refractivity contribution in [1.29, 1.82) is 0 Å². The van der Waals surface area contributed by atoms with Gasteiger partial charge in [-0.1, -0.05) is 54.6 Å². The van der Waals surface area contributed by atoms with E-state index in [1.54, 1.807) is 6.07 Å². The summed E-state index contributed by atoms with van der Waals surface area (Å²) in [4.78, 5) is 27.7. The van der Waals surface area contributed by atoms with Crippen molar-refractivity contribution in [3.8, 4) is 11.3 Å². The highest BCUT2D eigenvalue weighted by Gasteiger charge is 2.32. The van der Waals surface area contributed by atoms with Gasteiger partial charge in [0, 0.05) is 12.1 Å². The van der Waals surface area contributed by atoms with Crippen LogP contribution in [0.15, 0.2) is 71.5 Å². The Morgan fingerprint density at radius 3 is 2.50 bits per heavy atom. The van der Waals surface area contributed by atoms with Crippen LogP contribution in [0.3, 0.4) is 0 Å². The number of aliphatic hydroxyl groups excluding tert-OH is 1. The molecule has 0 fully saturated rings. The zero-order chi connectivity index (χ0) is 18.1. The molecule has 3 aromatic rings. The van der Waals surface area contributed by atoms with Crippen LogP contribution in [0.1, 0.15) is 27.5 Å². The molecule has 5 heteroatoms. The van der Waals surface area contributed by atoms with E-state index in [0.717, 1.165) is 16.7 Å². The summed E-state index contributed by atoms with van der Waals surface area (Å²) in [5.74, 6) is -0.494. The highest BCUT2D eigenvalue weighted by atomic mass is 16.3. The van der Waals surface area contributed by atoms with Gasteiger partial charge >= 0.3 is 0 Å². The Kier molecular flexibility index (Phi) is 4.14. The zero-order valence-electron chi connectivity index (χ0n) is 14.0. The Labute approximate surface area is 150 Å². The Morgan fingerprint density at radius 1 is 1.00 bits per heavy atom. The molecule has 0 unspecified atom stereocenters. The number of fused-ring (bicyclic) bond motifs is 1. The number of amides is 1. The number of hydrogen-bond donors (Lipinski definition) is 3. The lowest BCUT2D eigenvalue weighted by Gasteiger charge is -2.17. The lowest BCUT2D eigenvalue weighted by atomic mass is 10.1. The normalized spacial score (nSPS) is 18.3. The topological polar surface area (TPSA) is 82.2 Å². The van der Waals surface area contributed by atoms with Crippen LogP contribution in [-0.4, -0.2) is 22.1 Å². The predicted octanol–water partition coefficient (Wildman–Crippen LogP) is 2.43. The molecule has 1 heterocycles. The smallest absolute Gasteiger partial charge is 0.261 e. The van der Waals surface area contributed by atoms with E-state index in [2.05, 4.69) is 10.3 Å². The molecule has 26 heavy (non-hydrogen) atoms. The highest BCUT2D eigenvalue weighted by molar-refractivity contribution is 5.94. The van der Waals surface area contributed by atoms with Crippen molar-refractivity contribution >= 4 is 5.91 Å². The van der Waals surface area contributed by atoms with Crippen molar-refractivity contribution in [1.82, 2.24) is 10.3 Å². The number of carbonyl (C=O) groups is 1. The SMILES string of the molecule is O=C(N[C@H]1c2ccccc2C[C@@H]1O)c1ccc(-c2ccccc2)[nH]c1=O. The zero-order valence-corrected chi connectivity index (χ0v) is 14.0. The van der Waals surface area contributed by atoms with Crippen LogP contribution in [0, 0.1) is 0 Å². The van der Waals surface area contributed by atoms with E-state index in [0.29, 0.717) is 12.1 Å². The molecular weight excluding hydrogens is 328 g/mol. The second-order valence-electron chi connectivity index (χ2n) is 6.40. The molecule has 2 atom stereocenters. The van der Waals surface area contributed by atoms with E-state index in [-0.39, 0.29) is 5.56 Å². The van der Waals surface area contributed by atoms with Gasteiger partial charge in [0.15, 0.2) is 0 Å². The highest BCUT2D eigenvalue weighted by Crippen LogP contribution is 2.31. The average molecular weight is 346 g/mol. The fraction of sp³-hybridized carbons (Fsp3) is 0.143. The maximum Gasteiger partial charge on any atom is 0.261 e. The molecule has 130 valence electrons. The van der Waals surface area contributed by atoms with Crippen molar-refractivity contribution in [3.63, 3.8) is 0 Å². The number of aromatic amines is 1. The van der Waals surface area contributed by atoms with Gasteiger partial charge in [0.1, 0.15) is 5.56 Å². The molecule has 1 aliphatic rings. The van der Waals surface area contributed by atoms with Crippen LogP contribution in [0.25, 0.3) is 11.3 Å². The van der Waals surface area contributed by atoms with Crippen LogP contribution in [0.2, 0.25) is 0 Å². The number of carbonyl (C=O) groups excluding carboxylic acids is 1. The molecule has 5 nitrogen and oxygen atoms in total. The minimum atomic E-state index is -0.695. The first-order chi connectivity index (χ1) is 12.6. The minimum Gasteiger partial charge on any atom is -0.390 e. The van der Waals surface area contributed by atoms with Crippen LogP contribution >= 0.6 is 0 Å². The molecule has 0 saturated heterocycles. The summed E-state index contributed by atoms with van der Waals surface area (Å²) < 4.78 is 0. The Hall–Kier alpha value is -3.18. The third-order valence-corrected chi connectivity index (χ3v) is 4.73. The molecular formula is C21H18N2O3. The van der Waals surface area contributed by atoms with Crippen LogP contribution < -0.4 is 10.9 Å². The first-order valence-corrected chi connectivity index (χ1v) is 8.49. The van der Waals surface area contributed by atoms with Crippen molar-refractivity contribution in [2.75, 3.05) is 0 Å². The van der Waals surface area contributed by atoms with Gasteiger partial charge in [-0.15, -0.1) is 0 Å². The molecule has 0 radical (unpaired) electrons. The van der Waals surface area contributed by atoms with E-state index in [1.165, 1.54) is 6.07 Å². The Bertz CT molecular complexity index is 1010. The number of nitrogens with one attached hydrogen (secondary N) is 2. The second-order valence-corrected chi connectivity index (χ2v) is 6.40. The molecule has 0 spiro atoms. The number of aliphatic hydroxyl groups is 1. The van der Waals surface area contributed by atoms with Crippen molar-refractivity contribution < 1.29 is 9.90 Å². The number of hydrogen-bond acceptors (Lipinski definition) is 3. The molecule has 2 aromatic carbocycles. The number of benzene rings is 2. The third kappa shape index (κ3) is 2.93. The van der Waals surface area contributed by atoms with Gasteiger partial charge in [-0.3, -0.25) is 9.59 Å². The fourth-order valence-corrected chi connectivity index (χ4v) is 3.41. The van der Waals surface area contributed by atoms with E-state index in [4.69, 9.17) is 0 Å². The molecule has 0 saturated carbocycles. The molecule has 1 aromatic heterocycles. The summed E-state index contributed by atoms with van der Waals surface area (Å²) in [7, 11) is 0. The largest absolute Gasteiger partial charge is 0.390 e. The minimum absolute atomic E-state index is 0.0289.